The summed E-state index contributed by atoms with van der Waals surface area (Å²) >= 11 is 0. The Morgan fingerprint density at radius 2 is 2.05 bits per heavy atom. The molecule has 7 heteroatoms. The summed E-state index contributed by atoms with van der Waals surface area (Å²) in [7, 11) is -2.28. The number of hydrogen-bond acceptors (Lipinski definition) is 4. The topological polar surface area (TPSA) is 83.9 Å². The molecule has 1 N–H and O–H groups in total. The minimum atomic E-state index is -3.80. The van der Waals surface area contributed by atoms with Crippen LogP contribution in [0.1, 0.15) is 18.4 Å². The number of para-hydroxylation sites is 1. The van der Waals surface area contributed by atoms with E-state index < -0.39 is 21.7 Å². The van der Waals surface area contributed by atoms with Crippen molar-refractivity contribution < 1.29 is 23.1 Å². The highest BCUT2D eigenvalue weighted by Gasteiger charge is 2.38. The summed E-state index contributed by atoms with van der Waals surface area (Å²) in [5, 5.41) is 8.74. The number of nitrogens with zero attached hydrogens (tertiary/aromatic N) is 1. The van der Waals surface area contributed by atoms with Crippen molar-refractivity contribution in [2.45, 2.75) is 25.4 Å². The van der Waals surface area contributed by atoms with Gasteiger partial charge in [-0.2, -0.15) is 4.31 Å². The lowest BCUT2D eigenvalue weighted by molar-refractivity contribution is -0.134. The summed E-state index contributed by atoms with van der Waals surface area (Å²) in [5.74, 6) is -1.61. The van der Waals surface area contributed by atoms with Gasteiger partial charge in [-0.15, -0.1) is 0 Å². The largest absolute Gasteiger partial charge is 0.496 e. The molecule has 0 radical (unpaired) electrons. The first kappa shape index (κ1) is 14.8. The van der Waals surface area contributed by atoms with E-state index in [1.54, 1.807) is 24.3 Å². The highest BCUT2D eigenvalue weighted by Crippen LogP contribution is 2.32. The first-order valence-corrected chi connectivity index (χ1v) is 7.88. The molecular formula is C13H17NO5S. The second kappa shape index (κ2) is 5.80. The normalized spacial score (nSPS) is 15.3. The maximum Gasteiger partial charge on any atom is 0.320 e. The Labute approximate surface area is 118 Å². The van der Waals surface area contributed by atoms with Crippen molar-refractivity contribution in [3.05, 3.63) is 29.8 Å². The van der Waals surface area contributed by atoms with E-state index in [2.05, 4.69) is 0 Å². The van der Waals surface area contributed by atoms with Gasteiger partial charge in [-0.1, -0.05) is 18.2 Å². The lowest BCUT2D eigenvalue weighted by Gasteiger charge is -2.22. The fourth-order valence-electron chi connectivity index (χ4n) is 2.06. The average Bonchev–Trinajstić information content (AvgIpc) is 3.18. The highest BCUT2D eigenvalue weighted by molar-refractivity contribution is 7.89. The number of aliphatic carboxylic acids is 1. The number of carboxylic acids is 1. The molecule has 0 atom stereocenters. The lowest BCUT2D eigenvalue weighted by Crippen LogP contribution is -2.36. The number of hydrogen-bond donors (Lipinski definition) is 1. The summed E-state index contributed by atoms with van der Waals surface area (Å²) in [6.07, 6.45) is 1.54. The second-order valence-corrected chi connectivity index (χ2v) is 6.66. The van der Waals surface area contributed by atoms with Crippen LogP contribution >= 0.6 is 0 Å². The fourth-order valence-corrected chi connectivity index (χ4v) is 3.54. The number of carboxylic acid groups (broad SMARTS) is 1. The number of carbonyl (C=O) groups is 1. The van der Waals surface area contributed by atoms with Gasteiger partial charge in [0.05, 0.1) is 7.11 Å². The van der Waals surface area contributed by atoms with Crippen LogP contribution in [-0.2, 0) is 21.4 Å². The van der Waals surface area contributed by atoms with E-state index in [1.807, 2.05) is 0 Å². The SMILES string of the molecule is COc1ccccc1CN(C1CC1)S(=O)(=O)CC(=O)O. The molecule has 20 heavy (non-hydrogen) atoms. The van der Waals surface area contributed by atoms with E-state index in [-0.39, 0.29) is 12.6 Å². The minimum Gasteiger partial charge on any atom is -0.496 e. The van der Waals surface area contributed by atoms with Gasteiger partial charge in [0, 0.05) is 18.2 Å². The maximum absolute atomic E-state index is 12.1. The van der Waals surface area contributed by atoms with Gasteiger partial charge in [0.2, 0.25) is 10.0 Å². The van der Waals surface area contributed by atoms with E-state index in [4.69, 9.17) is 9.84 Å². The Morgan fingerprint density at radius 3 is 2.60 bits per heavy atom. The zero-order valence-corrected chi connectivity index (χ0v) is 12.0. The predicted molar refractivity (Wildman–Crippen MR) is 73.0 cm³/mol. The third-order valence-electron chi connectivity index (χ3n) is 3.14. The molecule has 0 saturated heterocycles. The Bertz CT molecular complexity index is 595. The van der Waals surface area contributed by atoms with Crippen LogP contribution in [0, 0.1) is 0 Å². The van der Waals surface area contributed by atoms with E-state index in [9.17, 15) is 13.2 Å². The number of ether oxygens (including phenoxy) is 1. The van der Waals surface area contributed by atoms with Crippen LogP contribution in [0.4, 0.5) is 0 Å². The van der Waals surface area contributed by atoms with Gasteiger partial charge in [0.1, 0.15) is 5.75 Å². The summed E-state index contributed by atoms with van der Waals surface area (Å²) in [6.45, 7) is 0.143. The van der Waals surface area contributed by atoms with Crippen molar-refractivity contribution in [3.8, 4) is 5.75 Å². The zero-order chi connectivity index (χ0) is 14.8. The fraction of sp³-hybridized carbons (Fsp3) is 0.462. The molecule has 110 valence electrons. The average molecular weight is 299 g/mol. The number of benzene rings is 1. The summed E-state index contributed by atoms with van der Waals surface area (Å²) < 4.78 is 30.7. The molecule has 0 aliphatic heterocycles. The van der Waals surface area contributed by atoms with Gasteiger partial charge in [-0.25, -0.2) is 8.42 Å². The molecule has 0 heterocycles. The molecule has 1 aliphatic carbocycles. The molecule has 1 aromatic carbocycles. The third kappa shape index (κ3) is 3.49. The predicted octanol–water partition coefficient (Wildman–Crippen LogP) is 1.07. The molecule has 0 unspecified atom stereocenters. The molecule has 0 aromatic heterocycles. The van der Waals surface area contributed by atoms with Crippen LogP contribution in [0.2, 0.25) is 0 Å². The van der Waals surface area contributed by atoms with Gasteiger partial charge in [-0.05, 0) is 18.9 Å². The zero-order valence-electron chi connectivity index (χ0n) is 11.2. The monoisotopic (exact) mass is 299 g/mol. The standard InChI is InChI=1S/C13H17NO5S/c1-19-12-5-3-2-4-10(12)8-14(11-6-7-11)20(17,18)9-13(15)16/h2-5,11H,6-9H2,1H3,(H,15,16). The van der Waals surface area contributed by atoms with Gasteiger partial charge in [0.15, 0.2) is 5.75 Å². The third-order valence-corrected chi connectivity index (χ3v) is 4.89. The maximum atomic E-state index is 12.1. The molecule has 0 amide bonds. The van der Waals surface area contributed by atoms with Crippen molar-refractivity contribution in [3.63, 3.8) is 0 Å². The van der Waals surface area contributed by atoms with Gasteiger partial charge in [0.25, 0.3) is 0 Å². The smallest absolute Gasteiger partial charge is 0.320 e. The van der Waals surface area contributed by atoms with Crippen LogP contribution in [-0.4, -0.2) is 42.7 Å². The van der Waals surface area contributed by atoms with E-state index >= 15 is 0 Å². The molecule has 1 aliphatic rings. The highest BCUT2D eigenvalue weighted by atomic mass is 32.2. The Kier molecular flexibility index (Phi) is 4.29. The van der Waals surface area contributed by atoms with Crippen LogP contribution in [0.3, 0.4) is 0 Å². The van der Waals surface area contributed by atoms with Crippen LogP contribution in [0.15, 0.2) is 24.3 Å². The van der Waals surface area contributed by atoms with Gasteiger partial charge < -0.3 is 9.84 Å². The molecule has 6 nitrogen and oxygen atoms in total. The summed E-state index contributed by atoms with van der Waals surface area (Å²) in [6, 6.07) is 7.04. The van der Waals surface area contributed by atoms with Crippen molar-refractivity contribution in [1.29, 1.82) is 0 Å². The molecule has 2 rings (SSSR count). The van der Waals surface area contributed by atoms with Crippen molar-refractivity contribution in [1.82, 2.24) is 4.31 Å². The Balaban J connectivity index is 2.24. The first-order valence-electron chi connectivity index (χ1n) is 6.27. The van der Waals surface area contributed by atoms with E-state index in [0.717, 1.165) is 18.4 Å². The Hall–Kier alpha value is -1.60. The molecule has 1 aromatic rings. The van der Waals surface area contributed by atoms with Gasteiger partial charge >= 0.3 is 5.97 Å². The number of methoxy groups -OCH3 is 1. The number of sulfonamides is 1. The number of rotatable bonds is 7. The van der Waals surface area contributed by atoms with E-state index in [1.165, 1.54) is 11.4 Å². The molecule has 1 fully saturated rings. The molecule has 0 spiro atoms. The lowest BCUT2D eigenvalue weighted by atomic mass is 10.2. The quantitative estimate of drug-likeness (QED) is 0.814. The minimum absolute atomic E-state index is 0.0933. The molecule has 0 bridgehead atoms. The van der Waals surface area contributed by atoms with Crippen LogP contribution < -0.4 is 4.74 Å². The first-order chi connectivity index (χ1) is 9.44. The summed E-state index contributed by atoms with van der Waals surface area (Å²) in [5.41, 5.74) is 0.732. The Morgan fingerprint density at radius 1 is 1.40 bits per heavy atom. The van der Waals surface area contributed by atoms with E-state index in [0.29, 0.717) is 5.75 Å². The van der Waals surface area contributed by atoms with Crippen molar-refractivity contribution in [2.24, 2.45) is 0 Å². The van der Waals surface area contributed by atoms with Crippen molar-refractivity contribution >= 4 is 16.0 Å². The van der Waals surface area contributed by atoms with Crippen LogP contribution in [0.25, 0.3) is 0 Å². The molecular weight excluding hydrogens is 282 g/mol. The van der Waals surface area contributed by atoms with Crippen LogP contribution in [0.5, 0.6) is 5.75 Å². The van der Waals surface area contributed by atoms with Gasteiger partial charge in [-0.3, -0.25) is 4.79 Å². The summed E-state index contributed by atoms with van der Waals surface area (Å²) in [4.78, 5) is 10.7. The molecule has 1 saturated carbocycles. The van der Waals surface area contributed by atoms with Crippen molar-refractivity contribution in [2.75, 3.05) is 12.9 Å². The second-order valence-electron chi connectivity index (χ2n) is 4.74.